The van der Waals surface area contributed by atoms with Crippen LogP contribution >= 0.6 is 0 Å². The lowest BCUT2D eigenvalue weighted by atomic mass is 10.0. The van der Waals surface area contributed by atoms with E-state index in [0.717, 1.165) is 26.1 Å². The fourth-order valence-corrected chi connectivity index (χ4v) is 2.97. The van der Waals surface area contributed by atoms with Gasteiger partial charge in [-0.3, -0.25) is 9.20 Å². The Kier molecular flexibility index (Phi) is 4.81. The molecule has 1 aliphatic rings. The van der Waals surface area contributed by atoms with E-state index in [1.807, 2.05) is 32.2 Å². The van der Waals surface area contributed by atoms with Gasteiger partial charge in [0, 0.05) is 26.0 Å². The Morgan fingerprint density at radius 1 is 1.48 bits per heavy atom. The summed E-state index contributed by atoms with van der Waals surface area (Å²) in [6.07, 6.45) is 3.85. The number of hydrogen-bond donors (Lipinski definition) is 1. The van der Waals surface area contributed by atoms with E-state index in [9.17, 15) is 4.79 Å². The van der Waals surface area contributed by atoms with Gasteiger partial charge in [-0.15, -0.1) is 0 Å². The highest BCUT2D eigenvalue weighted by atomic mass is 16.5. The van der Waals surface area contributed by atoms with Crippen LogP contribution in [0.1, 0.15) is 35.9 Å². The fraction of sp³-hybridized carbons (Fsp3) is 0.529. The third-order valence-corrected chi connectivity index (χ3v) is 4.20. The monoisotopic (exact) mass is 317 g/mol. The third kappa shape index (κ3) is 3.32. The van der Waals surface area contributed by atoms with E-state index < -0.39 is 0 Å². The molecule has 0 aliphatic carbocycles. The average molecular weight is 317 g/mol. The first kappa shape index (κ1) is 15.8. The van der Waals surface area contributed by atoms with Crippen LogP contribution in [0.3, 0.4) is 0 Å². The van der Waals surface area contributed by atoms with Gasteiger partial charge in [-0.1, -0.05) is 0 Å². The molecule has 124 valence electrons. The number of aromatic nitrogens is 2. The van der Waals surface area contributed by atoms with Gasteiger partial charge in [0.25, 0.3) is 5.91 Å². The number of carbonyl (C=O) groups is 1. The molecule has 0 spiro atoms. The number of fused-ring (bicyclic) bond motifs is 1. The van der Waals surface area contributed by atoms with Gasteiger partial charge in [0.15, 0.2) is 11.4 Å². The Morgan fingerprint density at radius 2 is 2.26 bits per heavy atom. The number of nitrogens with one attached hydrogen (secondary N) is 1. The van der Waals surface area contributed by atoms with Crippen molar-refractivity contribution < 1.29 is 14.3 Å². The lowest BCUT2D eigenvalue weighted by Crippen LogP contribution is -2.33. The minimum atomic E-state index is -0.0878. The molecule has 3 rings (SSSR count). The number of hydrogen-bond acceptors (Lipinski definition) is 4. The van der Waals surface area contributed by atoms with Crippen LogP contribution in [0.15, 0.2) is 18.3 Å². The molecule has 1 amide bonds. The van der Waals surface area contributed by atoms with Crippen molar-refractivity contribution >= 4 is 11.6 Å². The lowest BCUT2D eigenvalue weighted by Gasteiger charge is -2.22. The maximum absolute atomic E-state index is 12.6. The van der Waals surface area contributed by atoms with Gasteiger partial charge < -0.3 is 14.8 Å². The average Bonchev–Trinajstić information content (AvgIpc) is 2.91. The van der Waals surface area contributed by atoms with Crippen molar-refractivity contribution in [1.29, 1.82) is 0 Å². The van der Waals surface area contributed by atoms with E-state index in [1.165, 1.54) is 0 Å². The molecule has 6 nitrogen and oxygen atoms in total. The molecule has 0 unspecified atom stereocenters. The summed E-state index contributed by atoms with van der Waals surface area (Å²) in [4.78, 5) is 17.1. The number of aryl methyl sites for hydroxylation is 1. The van der Waals surface area contributed by atoms with Crippen LogP contribution in [-0.2, 0) is 4.74 Å². The number of nitrogens with zero attached hydrogens (tertiary/aromatic N) is 2. The topological polar surface area (TPSA) is 64.9 Å². The first-order valence-corrected chi connectivity index (χ1v) is 8.17. The summed E-state index contributed by atoms with van der Waals surface area (Å²) < 4.78 is 12.7. The molecule has 0 atom stereocenters. The minimum absolute atomic E-state index is 0.0878. The summed E-state index contributed by atoms with van der Waals surface area (Å²) in [6, 6.07) is 3.74. The zero-order valence-electron chi connectivity index (χ0n) is 13.7. The summed E-state index contributed by atoms with van der Waals surface area (Å²) in [5, 5.41) is 3.04. The zero-order valence-corrected chi connectivity index (χ0v) is 13.7. The maximum Gasteiger partial charge on any atom is 0.270 e. The van der Waals surface area contributed by atoms with Crippen molar-refractivity contribution in [3.63, 3.8) is 0 Å². The van der Waals surface area contributed by atoms with Crippen molar-refractivity contribution in [3.05, 3.63) is 29.7 Å². The van der Waals surface area contributed by atoms with Gasteiger partial charge in [0.1, 0.15) is 5.69 Å². The minimum Gasteiger partial charge on any atom is -0.490 e. The summed E-state index contributed by atoms with van der Waals surface area (Å²) in [5.41, 5.74) is 1.97. The van der Waals surface area contributed by atoms with Gasteiger partial charge in [0.05, 0.1) is 12.3 Å². The molecule has 0 aromatic carbocycles. The molecule has 3 heterocycles. The van der Waals surface area contributed by atoms with Gasteiger partial charge >= 0.3 is 0 Å². The first-order valence-electron chi connectivity index (χ1n) is 8.17. The maximum atomic E-state index is 12.6. The molecule has 1 fully saturated rings. The molecular formula is C17H23N3O3. The number of pyridine rings is 1. The van der Waals surface area contributed by atoms with Crippen LogP contribution in [-0.4, -0.2) is 41.7 Å². The molecule has 1 aliphatic heterocycles. The van der Waals surface area contributed by atoms with Crippen molar-refractivity contribution in [2.24, 2.45) is 5.92 Å². The first-order chi connectivity index (χ1) is 11.2. The molecule has 0 saturated carbocycles. The Balaban J connectivity index is 1.79. The Morgan fingerprint density at radius 3 is 3.00 bits per heavy atom. The quantitative estimate of drug-likeness (QED) is 0.918. The SMILES string of the molecule is CCOc1cccn2c(C(=O)NCC3CCOCC3)c(C)nc12. The van der Waals surface area contributed by atoms with Crippen molar-refractivity contribution in [1.82, 2.24) is 14.7 Å². The predicted octanol–water partition coefficient (Wildman–Crippen LogP) is 2.20. The van der Waals surface area contributed by atoms with Gasteiger partial charge in [0.2, 0.25) is 0 Å². The van der Waals surface area contributed by atoms with Crippen LogP contribution < -0.4 is 10.1 Å². The van der Waals surface area contributed by atoms with Crippen molar-refractivity contribution in [3.8, 4) is 5.75 Å². The fourth-order valence-electron chi connectivity index (χ4n) is 2.97. The highest BCUT2D eigenvalue weighted by Crippen LogP contribution is 2.22. The molecule has 1 N–H and O–H groups in total. The Bertz CT molecular complexity index is 690. The van der Waals surface area contributed by atoms with Crippen LogP contribution in [0.25, 0.3) is 5.65 Å². The Hall–Kier alpha value is -2.08. The molecule has 0 bridgehead atoms. The second-order valence-corrected chi connectivity index (χ2v) is 5.81. The molecule has 0 radical (unpaired) electrons. The summed E-state index contributed by atoms with van der Waals surface area (Å²) in [6.45, 7) is 6.60. The molecular weight excluding hydrogens is 294 g/mol. The molecule has 23 heavy (non-hydrogen) atoms. The van der Waals surface area contributed by atoms with E-state index in [2.05, 4.69) is 10.3 Å². The third-order valence-electron chi connectivity index (χ3n) is 4.20. The van der Waals surface area contributed by atoms with Crippen molar-refractivity contribution in [2.75, 3.05) is 26.4 Å². The number of ether oxygens (including phenoxy) is 2. The number of imidazole rings is 1. The lowest BCUT2D eigenvalue weighted by molar-refractivity contribution is 0.0642. The van der Waals surface area contributed by atoms with Gasteiger partial charge in [-0.05, 0) is 44.7 Å². The number of carbonyl (C=O) groups excluding carboxylic acids is 1. The van der Waals surface area contributed by atoms with E-state index in [0.29, 0.717) is 41.9 Å². The standard InChI is InChI=1S/C17H23N3O3/c1-3-23-14-5-4-8-20-15(12(2)19-16(14)20)17(21)18-11-13-6-9-22-10-7-13/h4-5,8,13H,3,6-7,9-11H2,1-2H3,(H,18,21). The molecule has 2 aromatic heterocycles. The molecule has 6 heteroatoms. The van der Waals surface area contributed by atoms with E-state index in [4.69, 9.17) is 9.47 Å². The van der Waals surface area contributed by atoms with Gasteiger partial charge in [-0.2, -0.15) is 0 Å². The highest BCUT2D eigenvalue weighted by Gasteiger charge is 2.20. The van der Waals surface area contributed by atoms with Crippen LogP contribution in [0.4, 0.5) is 0 Å². The summed E-state index contributed by atoms with van der Waals surface area (Å²) in [7, 11) is 0. The van der Waals surface area contributed by atoms with Crippen molar-refractivity contribution in [2.45, 2.75) is 26.7 Å². The Labute approximate surface area is 135 Å². The van der Waals surface area contributed by atoms with E-state index >= 15 is 0 Å². The van der Waals surface area contributed by atoms with Gasteiger partial charge in [-0.25, -0.2) is 4.98 Å². The zero-order chi connectivity index (χ0) is 16.2. The summed E-state index contributed by atoms with van der Waals surface area (Å²) >= 11 is 0. The predicted molar refractivity (Wildman–Crippen MR) is 87.0 cm³/mol. The summed E-state index contributed by atoms with van der Waals surface area (Å²) in [5.74, 6) is 1.10. The smallest absolute Gasteiger partial charge is 0.270 e. The number of amides is 1. The second-order valence-electron chi connectivity index (χ2n) is 5.81. The number of rotatable bonds is 5. The normalized spacial score (nSPS) is 15.7. The van der Waals surface area contributed by atoms with E-state index in [-0.39, 0.29) is 5.91 Å². The molecule has 2 aromatic rings. The second kappa shape index (κ2) is 7.00. The van der Waals surface area contributed by atoms with E-state index in [1.54, 1.807) is 4.40 Å². The van der Waals surface area contributed by atoms with Crippen LogP contribution in [0.5, 0.6) is 5.75 Å². The van der Waals surface area contributed by atoms with Crippen LogP contribution in [0.2, 0.25) is 0 Å². The van der Waals surface area contributed by atoms with Crippen LogP contribution in [0, 0.1) is 12.8 Å². The largest absolute Gasteiger partial charge is 0.490 e. The molecule has 1 saturated heterocycles. The highest BCUT2D eigenvalue weighted by molar-refractivity contribution is 5.95.